The molecule has 1 saturated heterocycles. The first-order valence-corrected chi connectivity index (χ1v) is 7.50. The van der Waals surface area contributed by atoms with Gasteiger partial charge in [-0.3, -0.25) is 0 Å². The van der Waals surface area contributed by atoms with E-state index in [0.29, 0.717) is 5.92 Å². The van der Waals surface area contributed by atoms with Crippen LogP contribution in [-0.2, 0) is 0 Å². The number of rotatable bonds is 1. The van der Waals surface area contributed by atoms with Crippen LogP contribution in [0, 0.1) is 12.8 Å². The summed E-state index contributed by atoms with van der Waals surface area (Å²) in [6.45, 7) is 6.24. The third-order valence-electron chi connectivity index (χ3n) is 3.60. The summed E-state index contributed by atoms with van der Waals surface area (Å²) in [5.74, 6) is 1.63. The van der Waals surface area contributed by atoms with Gasteiger partial charge >= 0.3 is 0 Å². The Morgan fingerprint density at radius 1 is 1.44 bits per heavy atom. The highest BCUT2D eigenvalue weighted by Gasteiger charge is 2.26. The molecule has 96 valence electrons. The molecule has 3 nitrogen and oxygen atoms in total. The highest BCUT2D eigenvalue weighted by atomic mass is 35.5. The lowest BCUT2D eigenvalue weighted by Crippen LogP contribution is -2.40. The molecule has 1 aliphatic rings. The maximum absolute atomic E-state index is 6.39. The van der Waals surface area contributed by atoms with Gasteiger partial charge in [-0.1, -0.05) is 6.92 Å². The number of hydrogen-bond donors (Lipinski definition) is 0. The Balaban J connectivity index is 1.99. The highest BCUT2D eigenvalue weighted by Crippen LogP contribution is 2.32. The fraction of sp³-hybridized carbons (Fsp3) is 0.538. The van der Waals surface area contributed by atoms with Crippen molar-refractivity contribution in [2.24, 2.45) is 5.92 Å². The van der Waals surface area contributed by atoms with Gasteiger partial charge in [0.15, 0.2) is 0 Å². The van der Waals surface area contributed by atoms with Gasteiger partial charge in [0.25, 0.3) is 0 Å². The van der Waals surface area contributed by atoms with Crippen molar-refractivity contribution >= 4 is 39.0 Å². The van der Waals surface area contributed by atoms with Crippen molar-refractivity contribution in [2.75, 3.05) is 18.0 Å². The van der Waals surface area contributed by atoms with Gasteiger partial charge in [-0.2, -0.15) is 0 Å². The summed E-state index contributed by atoms with van der Waals surface area (Å²) >= 11 is 8.11. The molecule has 3 heterocycles. The van der Waals surface area contributed by atoms with E-state index in [4.69, 9.17) is 11.6 Å². The van der Waals surface area contributed by atoms with Crippen molar-refractivity contribution in [3.8, 4) is 0 Å². The molecule has 0 aliphatic carbocycles. The molecule has 2 unspecified atom stereocenters. The Hall–Kier alpha value is -0.870. The molecule has 3 rings (SSSR count). The van der Waals surface area contributed by atoms with E-state index >= 15 is 0 Å². The van der Waals surface area contributed by atoms with Crippen LogP contribution in [0.2, 0.25) is 0 Å². The van der Waals surface area contributed by atoms with Gasteiger partial charge < -0.3 is 4.90 Å². The number of piperidine rings is 1. The number of hydrogen-bond acceptors (Lipinski definition) is 4. The molecule has 2 aromatic rings. The largest absolute Gasteiger partial charge is 0.354 e. The monoisotopic (exact) mass is 281 g/mol. The summed E-state index contributed by atoms with van der Waals surface area (Å²) in [5.41, 5.74) is 0. The third-order valence-corrected chi connectivity index (χ3v) is 5.12. The van der Waals surface area contributed by atoms with Gasteiger partial charge in [0, 0.05) is 18.0 Å². The molecule has 0 N–H and O–H groups in total. The van der Waals surface area contributed by atoms with E-state index < -0.39 is 0 Å². The first kappa shape index (κ1) is 12.2. The van der Waals surface area contributed by atoms with E-state index in [1.807, 2.05) is 0 Å². The number of halogens is 1. The molecular formula is C13H16ClN3S. The maximum atomic E-state index is 6.39. The number of aryl methyl sites for hydroxylation is 1. The van der Waals surface area contributed by atoms with Crippen LogP contribution in [0.25, 0.3) is 10.2 Å². The van der Waals surface area contributed by atoms with Crippen LogP contribution in [0.1, 0.15) is 18.2 Å². The molecule has 2 aromatic heterocycles. The molecule has 5 heteroatoms. The molecule has 18 heavy (non-hydrogen) atoms. The Kier molecular flexibility index (Phi) is 3.16. The minimum Gasteiger partial charge on any atom is -0.354 e. The van der Waals surface area contributed by atoms with E-state index in [1.165, 1.54) is 10.3 Å². The van der Waals surface area contributed by atoms with Gasteiger partial charge in [-0.15, -0.1) is 22.9 Å². The van der Waals surface area contributed by atoms with Gasteiger partial charge in [-0.25, -0.2) is 9.97 Å². The van der Waals surface area contributed by atoms with Gasteiger partial charge in [-0.05, 0) is 25.3 Å². The fourth-order valence-corrected chi connectivity index (χ4v) is 3.56. The SMILES string of the molecule is Cc1cc2c(N3CCC(C)C(Cl)C3)ncnc2s1. The summed E-state index contributed by atoms with van der Waals surface area (Å²) in [6.07, 6.45) is 2.79. The number of alkyl halides is 1. The summed E-state index contributed by atoms with van der Waals surface area (Å²) in [4.78, 5) is 13.5. The maximum Gasteiger partial charge on any atom is 0.140 e. The minimum atomic E-state index is 0.212. The zero-order valence-electron chi connectivity index (χ0n) is 10.6. The van der Waals surface area contributed by atoms with Crippen molar-refractivity contribution in [1.82, 2.24) is 9.97 Å². The zero-order valence-corrected chi connectivity index (χ0v) is 12.1. The second-order valence-electron chi connectivity index (χ2n) is 5.00. The highest BCUT2D eigenvalue weighted by molar-refractivity contribution is 7.18. The minimum absolute atomic E-state index is 0.212. The van der Waals surface area contributed by atoms with Crippen LogP contribution in [-0.4, -0.2) is 28.4 Å². The van der Waals surface area contributed by atoms with Crippen molar-refractivity contribution in [2.45, 2.75) is 25.6 Å². The molecule has 0 bridgehead atoms. The number of nitrogens with zero attached hydrogens (tertiary/aromatic N) is 3. The second-order valence-corrected chi connectivity index (χ2v) is 6.80. The van der Waals surface area contributed by atoms with Crippen molar-refractivity contribution in [1.29, 1.82) is 0 Å². The molecular weight excluding hydrogens is 266 g/mol. The first-order chi connectivity index (χ1) is 8.65. The molecule has 1 aliphatic heterocycles. The van der Waals surface area contributed by atoms with Crippen LogP contribution >= 0.6 is 22.9 Å². The van der Waals surface area contributed by atoms with Gasteiger partial charge in [0.1, 0.15) is 17.0 Å². The molecule has 0 aromatic carbocycles. The third kappa shape index (κ3) is 2.08. The number of thiophene rings is 1. The van der Waals surface area contributed by atoms with Crippen molar-refractivity contribution < 1.29 is 0 Å². The average Bonchev–Trinajstić information content (AvgIpc) is 2.72. The van der Waals surface area contributed by atoms with Crippen LogP contribution < -0.4 is 4.90 Å². The van der Waals surface area contributed by atoms with E-state index in [0.717, 1.165) is 30.2 Å². The average molecular weight is 282 g/mol. The first-order valence-electron chi connectivity index (χ1n) is 6.25. The topological polar surface area (TPSA) is 29.0 Å². The Morgan fingerprint density at radius 2 is 2.28 bits per heavy atom. The van der Waals surface area contributed by atoms with Crippen LogP contribution in [0.3, 0.4) is 0 Å². The second kappa shape index (κ2) is 4.67. The standard InChI is InChI=1S/C13H16ClN3S/c1-8-3-4-17(6-11(8)14)12-10-5-9(2)18-13(10)16-7-15-12/h5,7-8,11H,3-4,6H2,1-2H3. The van der Waals surface area contributed by atoms with Crippen molar-refractivity contribution in [3.05, 3.63) is 17.3 Å². The lowest BCUT2D eigenvalue weighted by molar-refractivity contribution is 0.444. The van der Waals surface area contributed by atoms with Gasteiger partial charge in [0.05, 0.1) is 10.8 Å². The Labute approximate surface area is 116 Å². The summed E-state index contributed by atoms with van der Waals surface area (Å²) in [7, 11) is 0. The van der Waals surface area contributed by atoms with E-state index in [-0.39, 0.29) is 5.38 Å². The molecule has 0 spiro atoms. The van der Waals surface area contributed by atoms with Crippen LogP contribution in [0.4, 0.5) is 5.82 Å². The Bertz CT molecular complexity index is 568. The fourth-order valence-electron chi connectivity index (χ4n) is 2.43. The number of aromatic nitrogens is 2. The zero-order chi connectivity index (χ0) is 12.7. The predicted octanol–water partition coefficient (Wildman–Crippen LogP) is 3.45. The molecule has 1 fully saturated rings. The lowest BCUT2D eigenvalue weighted by Gasteiger charge is -2.34. The van der Waals surface area contributed by atoms with Crippen molar-refractivity contribution in [3.63, 3.8) is 0 Å². The molecule has 0 saturated carbocycles. The Morgan fingerprint density at radius 3 is 3.06 bits per heavy atom. The summed E-state index contributed by atoms with van der Waals surface area (Å²) < 4.78 is 0. The molecule has 0 amide bonds. The molecule has 2 atom stereocenters. The smallest absolute Gasteiger partial charge is 0.140 e. The normalized spacial score (nSPS) is 24.7. The van der Waals surface area contributed by atoms with E-state index in [9.17, 15) is 0 Å². The van der Waals surface area contributed by atoms with E-state index in [1.54, 1.807) is 17.7 Å². The number of fused-ring (bicyclic) bond motifs is 1. The lowest BCUT2D eigenvalue weighted by atomic mass is 9.98. The van der Waals surface area contributed by atoms with Gasteiger partial charge in [0.2, 0.25) is 0 Å². The quantitative estimate of drug-likeness (QED) is 0.750. The van der Waals surface area contributed by atoms with Crippen LogP contribution in [0.15, 0.2) is 12.4 Å². The summed E-state index contributed by atoms with van der Waals surface area (Å²) in [6, 6.07) is 2.18. The van der Waals surface area contributed by atoms with Crippen LogP contribution in [0.5, 0.6) is 0 Å². The summed E-state index contributed by atoms with van der Waals surface area (Å²) in [5, 5.41) is 1.38. The van der Waals surface area contributed by atoms with E-state index in [2.05, 4.69) is 34.8 Å². The molecule has 0 radical (unpaired) electrons. The number of anilines is 1. The predicted molar refractivity (Wildman–Crippen MR) is 77.8 cm³/mol.